The first kappa shape index (κ1) is 29.9. The van der Waals surface area contributed by atoms with Crippen molar-refractivity contribution in [1.82, 2.24) is 0 Å². The van der Waals surface area contributed by atoms with Crippen LogP contribution in [0.5, 0.6) is 23.0 Å². The Hall–Kier alpha value is -4.12. The summed E-state index contributed by atoms with van der Waals surface area (Å²) in [6.07, 6.45) is 5.94. The Labute approximate surface area is 249 Å². The molecule has 1 atom stereocenters. The van der Waals surface area contributed by atoms with Crippen LogP contribution in [-0.2, 0) is 4.79 Å². The van der Waals surface area contributed by atoms with E-state index in [1.807, 2.05) is 25.1 Å². The fraction of sp³-hybridized carbons (Fsp3) is 0.250. The second-order valence-corrected chi connectivity index (χ2v) is 10.1. The summed E-state index contributed by atoms with van der Waals surface area (Å²) in [6.45, 7) is 5.09. The normalized spacial score (nSPS) is 14.3. The summed E-state index contributed by atoms with van der Waals surface area (Å²) in [5, 5.41) is 10.9. The summed E-state index contributed by atoms with van der Waals surface area (Å²) in [5.41, 5.74) is 8.54. The molecule has 0 aromatic heterocycles. The quantitative estimate of drug-likeness (QED) is 0.105. The topological polar surface area (TPSA) is 104 Å². The van der Waals surface area contributed by atoms with Gasteiger partial charge in [0, 0.05) is 27.8 Å². The fourth-order valence-electron chi connectivity index (χ4n) is 4.41. The van der Waals surface area contributed by atoms with Crippen LogP contribution in [0.4, 0.5) is 0 Å². The van der Waals surface area contributed by atoms with E-state index in [0.717, 1.165) is 24.8 Å². The van der Waals surface area contributed by atoms with E-state index in [1.165, 1.54) is 6.08 Å². The zero-order valence-corrected chi connectivity index (χ0v) is 24.3. The number of carbonyl (C=O) groups is 1. The lowest BCUT2D eigenvalue weighted by atomic mass is 9.83. The molecule has 41 heavy (non-hydrogen) atoms. The van der Waals surface area contributed by atoms with Gasteiger partial charge in [-0.1, -0.05) is 61.2 Å². The van der Waals surface area contributed by atoms with Crippen LogP contribution in [0.15, 0.2) is 72.1 Å². The second kappa shape index (κ2) is 14.0. The monoisotopic (exact) mass is 592 g/mol. The van der Waals surface area contributed by atoms with Crippen molar-refractivity contribution in [2.75, 3.05) is 13.2 Å². The Morgan fingerprint density at radius 2 is 1.88 bits per heavy atom. The predicted octanol–water partition coefficient (Wildman–Crippen LogP) is 7.80. The van der Waals surface area contributed by atoms with Crippen molar-refractivity contribution < 1.29 is 23.7 Å². The maximum atomic E-state index is 12.5. The largest absolute Gasteiger partial charge is 0.490 e. The smallest absolute Gasteiger partial charge is 0.336 e. The lowest BCUT2D eigenvalue weighted by Crippen LogP contribution is -2.21. The molecule has 4 rings (SSSR count). The van der Waals surface area contributed by atoms with Gasteiger partial charge in [0.15, 0.2) is 11.5 Å². The highest BCUT2D eigenvalue weighted by Gasteiger charge is 2.31. The number of nitrogens with two attached hydrogens (primary N) is 1. The van der Waals surface area contributed by atoms with E-state index in [-0.39, 0.29) is 17.2 Å². The van der Waals surface area contributed by atoms with Crippen molar-refractivity contribution in [3.63, 3.8) is 0 Å². The molecule has 3 aromatic rings. The lowest BCUT2D eigenvalue weighted by molar-refractivity contribution is -0.128. The molecule has 0 bridgehead atoms. The van der Waals surface area contributed by atoms with Gasteiger partial charge in [-0.25, -0.2) is 4.79 Å². The number of benzene rings is 3. The highest BCUT2D eigenvalue weighted by Crippen LogP contribution is 2.45. The first-order valence-corrected chi connectivity index (χ1v) is 14.1. The van der Waals surface area contributed by atoms with Crippen LogP contribution >= 0.6 is 23.2 Å². The molecule has 0 saturated heterocycles. The number of nitrogens with zero attached hydrogens (tertiary/aromatic N) is 1. The van der Waals surface area contributed by atoms with Gasteiger partial charge in [-0.05, 0) is 60.9 Å². The van der Waals surface area contributed by atoms with Gasteiger partial charge >= 0.3 is 5.97 Å². The van der Waals surface area contributed by atoms with Crippen molar-refractivity contribution in [3.05, 3.63) is 98.9 Å². The third-order valence-electron chi connectivity index (χ3n) is 6.38. The number of nitriles is 1. The standard InChI is InChI=1S/C32H30Cl2N2O5/c1-3-5-6-15-39-27-13-8-21(16-29(27)38-4-2)31-24-12-11-23(18-28(24)41-32(36)25(31)19-35)40-30(37)14-9-20-7-10-22(33)17-26(20)34/h7-14,16-18,31H,3-6,15,36H2,1-2H3/b14-9+. The first-order valence-electron chi connectivity index (χ1n) is 13.3. The first-order chi connectivity index (χ1) is 19.8. The third kappa shape index (κ3) is 7.35. The average molecular weight is 594 g/mol. The molecule has 0 fully saturated rings. The molecular formula is C32H30Cl2N2O5. The number of allylic oxidation sites excluding steroid dienone is 1. The summed E-state index contributed by atoms with van der Waals surface area (Å²) in [7, 11) is 0. The molecule has 1 aliphatic heterocycles. The van der Waals surface area contributed by atoms with Gasteiger partial charge in [0.1, 0.15) is 23.1 Å². The summed E-state index contributed by atoms with van der Waals surface area (Å²) in [5.74, 6) is 0.698. The van der Waals surface area contributed by atoms with Gasteiger partial charge < -0.3 is 24.7 Å². The Bertz CT molecular complexity index is 1530. The van der Waals surface area contributed by atoms with Crippen molar-refractivity contribution >= 4 is 35.2 Å². The molecule has 9 heteroatoms. The minimum atomic E-state index is -0.611. The van der Waals surface area contributed by atoms with E-state index in [4.69, 9.17) is 47.9 Å². The summed E-state index contributed by atoms with van der Waals surface area (Å²) in [4.78, 5) is 12.5. The second-order valence-electron chi connectivity index (χ2n) is 9.24. The molecule has 212 valence electrons. The van der Waals surface area contributed by atoms with Crippen LogP contribution in [-0.4, -0.2) is 19.2 Å². The molecule has 3 aromatic carbocycles. The molecular weight excluding hydrogens is 563 g/mol. The number of carbonyl (C=O) groups excluding carboxylic acids is 1. The van der Waals surface area contributed by atoms with Gasteiger partial charge in [0.2, 0.25) is 5.88 Å². The Morgan fingerprint density at radius 1 is 1.05 bits per heavy atom. The lowest BCUT2D eigenvalue weighted by Gasteiger charge is -2.27. The fourth-order valence-corrected chi connectivity index (χ4v) is 4.88. The van der Waals surface area contributed by atoms with E-state index in [9.17, 15) is 10.1 Å². The highest BCUT2D eigenvalue weighted by atomic mass is 35.5. The van der Waals surface area contributed by atoms with E-state index in [1.54, 1.807) is 42.5 Å². The number of esters is 1. The maximum absolute atomic E-state index is 12.5. The molecule has 0 spiro atoms. The molecule has 1 unspecified atom stereocenters. The zero-order chi connectivity index (χ0) is 29.4. The number of fused-ring (bicyclic) bond motifs is 1. The zero-order valence-electron chi connectivity index (χ0n) is 22.8. The van der Waals surface area contributed by atoms with Crippen LogP contribution in [0.25, 0.3) is 6.08 Å². The predicted molar refractivity (Wildman–Crippen MR) is 160 cm³/mol. The van der Waals surface area contributed by atoms with Crippen LogP contribution in [0.3, 0.4) is 0 Å². The van der Waals surface area contributed by atoms with Gasteiger partial charge in [-0.3, -0.25) is 0 Å². The number of hydrogen-bond acceptors (Lipinski definition) is 7. The van der Waals surface area contributed by atoms with Crippen molar-refractivity contribution in [1.29, 1.82) is 5.26 Å². The minimum Gasteiger partial charge on any atom is -0.490 e. The van der Waals surface area contributed by atoms with Crippen molar-refractivity contribution in [2.24, 2.45) is 5.73 Å². The number of unbranched alkanes of at least 4 members (excludes halogenated alkanes) is 2. The molecule has 7 nitrogen and oxygen atoms in total. The third-order valence-corrected chi connectivity index (χ3v) is 6.94. The van der Waals surface area contributed by atoms with Gasteiger partial charge in [-0.15, -0.1) is 0 Å². The Morgan fingerprint density at radius 3 is 2.61 bits per heavy atom. The van der Waals surface area contributed by atoms with Crippen LogP contribution < -0.4 is 24.7 Å². The van der Waals surface area contributed by atoms with Crippen LogP contribution in [0.1, 0.15) is 55.7 Å². The van der Waals surface area contributed by atoms with E-state index in [0.29, 0.717) is 51.6 Å². The van der Waals surface area contributed by atoms with E-state index < -0.39 is 11.9 Å². The minimum absolute atomic E-state index is 0.0244. The molecule has 1 heterocycles. The molecule has 0 amide bonds. The van der Waals surface area contributed by atoms with Crippen LogP contribution in [0.2, 0.25) is 10.0 Å². The van der Waals surface area contributed by atoms with Crippen LogP contribution in [0, 0.1) is 11.3 Å². The van der Waals surface area contributed by atoms with Gasteiger partial charge in [0.05, 0.1) is 19.1 Å². The maximum Gasteiger partial charge on any atom is 0.336 e. The van der Waals surface area contributed by atoms with Gasteiger partial charge in [0.25, 0.3) is 0 Å². The highest BCUT2D eigenvalue weighted by molar-refractivity contribution is 6.35. The van der Waals surface area contributed by atoms with Gasteiger partial charge in [-0.2, -0.15) is 5.26 Å². The number of rotatable bonds is 11. The average Bonchev–Trinajstić information content (AvgIpc) is 2.95. The summed E-state index contributed by atoms with van der Waals surface area (Å²) in [6, 6.07) is 17.7. The number of hydrogen-bond donors (Lipinski definition) is 1. The molecule has 0 radical (unpaired) electrons. The van der Waals surface area contributed by atoms with E-state index >= 15 is 0 Å². The van der Waals surface area contributed by atoms with Crippen molar-refractivity contribution in [2.45, 2.75) is 39.0 Å². The number of halogens is 2. The molecule has 2 N–H and O–H groups in total. The summed E-state index contributed by atoms with van der Waals surface area (Å²) < 4.78 is 23.1. The van der Waals surface area contributed by atoms with Crippen molar-refractivity contribution in [3.8, 4) is 29.1 Å². The SMILES string of the molecule is CCCCCOc1ccc(C2C(C#N)=C(N)Oc3cc(OC(=O)/C=C/c4ccc(Cl)cc4Cl)ccc32)cc1OCC. The van der Waals surface area contributed by atoms with E-state index in [2.05, 4.69) is 13.0 Å². The molecule has 1 aliphatic rings. The number of ether oxygens (including phenoxy) is 4. The Kier molecular flexibility index (Phi) is 10.2. The molecule has 0 aliphatic carbocycles. The molecule has 0 saturated carbocycles. The Balaban J connectivity index is 1.59. The summed E-state index contributed by atoms with van der Waals surface area (Å²) >= 11 is 12.1.